The van der Waals surface area contributed by atoms with Crippen molar-refractivity contribution in [3.63, 3.8) is 0 Å². The molecule has 4 rings (SSSR count). The summed E-state index contributed by atoms with van der Waals surface area (Å²) in [5, 5.41) is 17.3. The molecule has 7 nitrogen and oxygen atoms in total. The summed E-state index contributed by atoms with van der Waals surface area (Å²) < 4.78 is 60.2. The number of hydrogen-bond acceptors (Lipinski definition) is 5. The highest BCUT2D eigenvalue weighted by Crippen LogP contribution is 2.46. The molecule has 2 aromatic rings. The monoisotopic (exact) mass is 603 g/mol. The molecule has 11 heteroatoms. The van der Waals surface area contributed by atoms with Crippen molar-refractivity contribution in [2.24, 2.45) is 0 Å². The van der Waals surface area contributed by atoms with Gasteiger partial charge in [0.2, 0.25) is 11.8 Å². The zero-order chi connectivity index (χ0) is 31.2. The van der Waals surface area contributed by atoms with Gasteiger partial charge in [-0.05, 0) is 73.9 Å². The number of halogens is 4. The number of rotatable bonds is 6. The van der Waals surface area contributed by atoms with Crippen LogP contribution in [0.15, 0.2) is 42.5 Å². The molecule has 0 unspecified atom stereocenters. The Labute approximate surface area is 249 Å². The van der Waals surface area contributed by atoms with Crippen molar-refractivity contribution in [1.29, 1.82) is 0 Å². The SMILES string of the molecule is C#CC[C@H]1C(=O)N[C@H]([C@H](O)CNC2(c3cccc(C(F)(F)F)c3)CC2)Cc2cc(F)cc(c2)OCCCCCC(=O)N1C. The number of amides is 2. The Morgan fingerprint density at radius 1 is 1.19 bits per heavy atom. The fourth-order valence-electron chi connectivity index (χ4n) is 5.38. The minimum Gasteiger partial charge on any atom is -0.493 e. The van der Waals surface area contributed by atoms with Gasteiger partial charge in [-0.25, -0.2) is 4.39 Å². The fourth-order valence-corrected chi connectivity index (χ4v) is 5.38. The second-order valence-corrected chi connectivity index (χ2v) is 11.3. The first-order valence-corrected chi connectivity index (χ1v) is 14.4. The van der Waals surface area contributed by atoms with Crippen LogP contribution in [0.1, 0.15) is 61.6 Å². The molecule has 1 saturated carbocycles. The van der Waals surface area contributed by atoms with Crippen LogP contribution in [0.4, 0.5) is 17.6 Å². The van der Waals surface area contributed by atoms with Crippen molar-refractivity contribution in [3.05, 3.63) is 65.0 Å². The molecule has 43 heavy (non-hydrogen) atoms. The summed E-state index contributed by atoms with van der Waals surface area (Å²) in [7, 11) is 1.51. The van der Waals surface area contributed by atoms with Crippen LogP contribution in [0.2, 0.25) is 0 Å². The molecule has 3 N–H and O–H groups in total. The van der Waals surface area contributed by atoms with Crippen LogP contribution in [-0.2, 0) is 27.7 Å². The molecule has 2 bridgehead atoms. The minimum atomic E-state index is -4.49. The van der Waals surface area contributed by atoms with E-state index in [1.807, 2.05) is 0 Å². The lowest BCUT2D eigenvalue weighted by molar-refractivity contribution is -0.139. The van der Waals surface area contributed by atoms with Crippen LogP contribution in [0, 0.1) is 18.2 Å². The van der Waals surface area contributed by atoms with Crippen molar-refractivity contribution in [2.45, 2.75) is 81.3 Å². The van der Waals surface area contributed by atoms with E-state index in [0.717, 1.165) is 12.1 Å². The molecule has 1 fully saturated rings. The van der Waals surface area contributed by atoms with Crippen LogP contribution >= 0.6 is 0 Å². The van der Waals surface area contributed by atoms with Crippen molar-refractivity contribution in [2.75, 3.05) is 20.2 Å². The Kier molecular flexibility index (Phi) is 10.4. The molecule has 2 aliphatic rings. The Morgan fingerprint density at radius 3 is 2.65 bits per heavy atom. The Balaban J connectivity index is 1.58. The van der Waals surface area contributed by atoms with E-state index >= 15 is 0 Å². The number of carbonyl (C=O) groups excluding carboxylic acids is 2. The lowest BCUT2D eigenvalue weighted by Crippen LogP contribution is -2.55. The highest BCUT2D eigenvalue weighted by Gasteiger charge is 2.45. The standard InChI is InChI=1S/C32H37F4N3O4/c1-3-8-27-30(42)38-26(28(40)20-37-31(12-13-31)22-9-7-10-23(18-22)32(34,35)36)17-21-15-24(33)19-25(16-21)43-14-6-4-5-11-29(41)39(27)2/h1,7,9-10,15-16,18-19,26-28,37,40H,4-6,8,11-14,17,20H2,2H3,(H,38,42)/t26-,27-,28+/m0/s1. The van der Waals surface area contributed by atoms with Gasteiger partial charge in [0.1, 0.15) is 17.6 Å². The molecule has 0 spiro atoms. The summed E-state index contributed by atoms with van der Waals surface area (Å²) in [6.07, 6.45) is 3.05. The second-order valence-electron chi connectivity index (χ2n) is 11.3. The minimum absolute atomic E-state index is 0.0136. The van der Waals surface area contributed by atoms with Gasteiger partial charge in [0, 0.05) is 38.0 Å². The van der Waals surface area contributed by atoms with Gasteiger partial charge in [-0.15, -0.1) is 12.3 Å². The van der Waals surface area contributed by atoms with Crippen LogP contribution in [0.3, 0.4) is 0 Å². The number of likely N-dealkylation sites (N-methyl/N-ethyl adjacent to an activating group) is 1. The van der Waals surface area contributed by atoms with E-state index in [-0.39, 0.29) is 31.7 Å². The number of aliphatic hydroxyl groups excluding tert-OH is 1. The number of fused-ring (bicyclic) bond motifs is 2. The maximum Gasteiger partial charge on any atom is 0.416 e. The number of nitrogens with zero attached hydrogens (tertiary/aromatic N) is 1. The zero-order valence-corrected chi connectivity index (χ0v) is 24.1. The summed E-state index contributed by atoms with van der Waals surface area (Å²) in [6, 6.07) is 7.32. The van der Waals surface area contributed by atoms with Gasteiger partial charge in [-0.2, -0.15) is 13.2 Å². The maximum absolute atomic E-state index is 14.5. The average Bonchev–Trinajstić information content (AvgIpc) is 3.75. The Morgan fingerprint density at radius 2 is 1.95 bits per heavy atom. The van der Waals surface area contributed by atoms with Crippen LogP contribution < -0.4 is 15.4 Å². The first-order chi connectivity index (χ1) is 20.4. The van der Waals surface area contributed by atoms with Crippen molar-refractivity contribution >= 4 is 11.8 Å². The molecule has 1 heterocycles. The Hall–Kier alpha value is -3.62. The normalized spacial score (nSPS) is 22.2. The molecule has 1 aliphatic carbocycles. The smallest absolute Gasteiger partial charge is 0.416 e. The summed E-state index contributed by atoms with van der Waals surface area (Å²) in [5.41, 5.74) is -0.588. The van der Waals surface area contributed by atoms with Crippen molar-refractivity contribution < 1.29 is 37.0 Å². The number of nitrogens with one attached hydrogen (secondary N) is 2. The largest absolute Gasteiger partial charge is 0.493 e. The molecule has 0 saturated heterocycles. The van der Waals surface area contributed by atoms with Gasteiger partial charge in [0.05, 0.1) is 24.3 Å². The van der Waals surface area contributed by atoms with Gasteiger partial charge < -0.3 is 25.4 Å². The number of benzene rings is 2. The molecule has 3 atom stereocenters. The van der Waals surface area contributed by atoms with Crippen LogP contribution in [-0.4, -0.2) is 60.2 Å². The summed E-state index contributed by atoms with van der Waals surface area (Å²) in [4.78, 5) is 27.6. The summed E-state index contributed by atoms with van der Waals surface area (Å²) >= 11 is 0. The van der Waals surface area contributed by atoms with Gasteiger partial charge in [-0.1, -0.05) is 12.1 Å². The number of ether oxygens (including phenoxy) is 1. The third-order valence-corrected chi connectivity index (χ3v) is 8.10. The molecular formula is C32H37F4N3O4. The van der Waals surface area contributed by atoms with E-state index in [1.54, 1.807) is 12.1 Å². The summed E-state index contributed by atoms with van der Waals surface area (Å²) in [5.74, 6) is 1.39. The van der Waals surface area contributed by atoms with E-state index in [2.05, 4.69) is 16.6 Å². The number of carbonyl (C=O) groups is 2. The third kappa shape index (κ3) is 8.48. The van der Waals surface area contributed by atoms with Crippen molar-refractivity contribution in [3.8, 4) is 18.1 Å². The molecule has 232 valence electrons. The van der Waals surface area contributed by atoms with E-state index < -0.39 is 47.2 Å². The van der Waals surface area contributed by atoms with Crippen molar-refractivity contribution in [1.82, 2.24) is 15.5 Å². The number of aliphatic hydroxyl groups is 1. The van der Waals surface area contributed by atoms with Gasteiger partial charge >= 0.3 is 6.18 Å². The first-order valence-electron chi connectivity index (χ1n) is 14.4. The zero-order valence-electron chi connectivity index (χ0n) is 24.1. The van der Waals surface area contributed by atoms with Crippen LogP contribution in [0.5, 0.6) is 5.75 Å². The topological polar surface area (TPSA) is 90.9 Å². The predicted octanol–water partition coefficient (Wildman–Crippen LogP) is 4.31. The average molecular weight is 604 g/mol. The predicted molar refractivity (Wildman–Crippen MR) is 152 cm³/mol. The second kappa shape index (κ2) is 13.8. The molecule has 1 aliphatic heterocycles. The van der Waals surface area contributed by atoms with Gasteiger partial charge in [0.15, 0.2) is 0 Å². The maximum atomic E-state index is 14.5. The molecule has 0 aromatic heterocycles. The number of terminal acetylenes is 1. The Bertz CT molecular complexity index is 1340. The van der Waals surface area contributed by atoms with Crippen LogP contribution in [0.25, 0.3) is 0 Å². The van der Waals surface area contributed by atoms with Gasteiger partial charge in [-0.3, -0.25) is 9.59 Å². The fraction of sp³-hybridized carbons (Fsp3) is 0.500. The first kappa shape index (κ1) is 32.3. The van der Waals surface area contributed by atoms with E-state index in [9.17, 15) is 32.3 Å². The van der Waals surface area contributed by atoms with E-state index in [4.69, 9.17) is 11.2 Å². The highest BCUT2D eigenvalue weighted by molar-refractivity contribution is 5.88. The molecule has 2 aromatic carbocycles. The molecule has 2 amide bonds. The quantitative estimate of drug-likeness (QED) is 0.338. The number of alkyl halides is 3. The lowest BCUT2D eigenvalue weighted by atomic mass is 9.98. The van der Waals surface area contributed by atoms with E-state index in [0.29, 0.717) is 55.6 Å². The van der Waals surface area contributed by atoms with E-state index in [1.165, 1.54) is 30.1 Å². The molecular weight excluding hydrogens is 566 g/mol. The molecule has 0 radical (unpaired) electrons. The van der Waals surface area contributed by atoms with Gasteiger partial charge in [0.25, 0.3) is 0 Å². The highest BCUT2D eigenvalue weighted by atomic mass is 19.4. The lowest BCUT2D eigenvalue weighted by Gasteiger charge is -2.31. The third-order valence-electron chi connectivity index (χ3n) is 8.10. The number of hydrogen-bond donors (Lipinski definition) is 3. The summed E-state index contributed by atoms with van der Waals surface area (Å²) in [6.45, 7) is 0.255.